The van der Waals surface area contributed by atoms with Gasteiger partial charge in [0, 0.05) is 34.4 Å². The topological polar surface area (TPSA) is 173 Å². The zero-order chi connectivity index (χ0) is 33.0. The van der Waals surface area contributed by atoms with E-state index in [4.69, 9.17) is 19.0 Å². The number of nitrogens with zero attached hydrogens (tertiary/aromatic N) is 3. The number of imide groups is 1. The number of carbonyl (C=O) groups excluding carboxylic acids is 5. The molecule has 0 aromatic heterocycles. The summed E-state index contributed by atoms with van der Waals surface area (Å²) < 4.78 is 16.3. The number of fused-ring (bicyclic) bond motifs is 2. The molecule has 46 heavy (non-hydrogen) atoms. The van der Waals surface area contributed by atoms with E-state index in [1.807, 2.05) is 12.1 Å². The van der Waals surface area contributed by atoms with Crippen molar-refractivity contribution in [1.29, 1.82) is 10.5 Å². The number of benzene rings is 3. The first-order chi connectivity index (χ1) is 22.2. The van der Waals surface area contributed by atoms with Gasteiger partial charge in [0.2, 0.25) is 0 Å². The van der Waals surface area contributed by atoms with Crippen molar-refractivity contribution in [2.75, 3.05) is 13.2 Å². The smallest absolute Gasteiger partial charge is 0.364 e. The minimum atomic E-state index is -1.26. The van der Waals surface area contributed by atoms with E-state index >= 15 is 0 Å². The minimum absolute atomic E-state index is 0.0224. The van der Waals surface area contributed by atoms with E-state index in [2.05, 4.69) is 0 Å². The molecule has 1 atom stereocenters. The van der Waals surface area contributed by atoms with Crippen molar-refractivity contribution >= 4 is 40.9 Å². The van der Waals surface area contributed by atoms with Gasteiger partial charge in [0.1, 0.15) is 23.1 Å². The third kappa shape index (κ3) is 5.79. The second-order valence-electron chi connectivity index (χ2n) is 9.97. The molecule has 2 aliphatic heterocycles. The highest BCUT2D eigenvalue weighted by Gasteiger charge is 2.34. The van der Waals surface area contributed by atoms with Gasteiger partial charge in [-0.05, 0) is 49.2 Å². The predicted molar refractivity (Wildman–Crippen MR) is 157 cm³/mol. The molecule has 0 saturated carbocycles. The highest BCUT2D eigenvalue weighted by molar-refractivity contribution is 6.15. The summed E-state index contributed by atoms with van der Waals surface area (Å²) >= 11 is 0. The lowest BCUT2D eigenvalue weighted by Gasteiger charge is -2.24. The van der Waals surface area contributed by atoms with Gasteiger partial charge in [-0.15, -0.1) is 5.06 Å². The molecule has 1 unspecified atom stereocenters. The lowest BCUT2D eigenvalue weighted by molar-refractivity contribution is -0.172. The van der Waals surface area contributed by atoms with Crippen molar-refractivity contribution in [2.24, 2.45) is 0 Å². The number of carbonyl (C=O) groups is 5. The van der Waals surface area contributed by atoms with Crippen LogP contribution in [0.4, 0.5) is 0 Å². The molecule has 0 N–H and O–H groups in total. The molecule has 230 valence electrons. The van der Waals surface area contributed by atoms with Crippen molar-refractivity contribution in [1.82, 2.24) is 5.06 Å². The fourth-order valence-corrected chi connectivity index (χ4v) is 5.12. The predicted octanol–water partition coefficient (Wildman–Crippen LogP) is 2.67. The van der Waals surface area contributed by atoms with E-state index in [1.165, 1.54) is 24.3 Å². The maximum atomic E-state index is 13.4. The number of hydrogen-bond acceptors (Lipinski definition) is 11. The molecule has 12 nitrogen and oxygen atoms in total. The van der Waals surface area contributed by atoms with E-state index in [9.17, 15) is 34.5 Å². The standard InChI is InChI=1S/C34H25N3O9/c1-3-43-32(40)25(17-35)19-9-11-23-27(15-19)45-28-16-20(26(18-36)33(41)44-4-2)10-12-24(28)31(23)21-7-5-6-8-22(21)34(42)46-37-29(38)13-14-30(37)39/h5-12,15-16,25H,3-4,13-14H2,1-2H3/b26-20+. The minimum Gasteiger partial charge on any atom is -0.465 e. The normalized spacial score (nSPS) is 14.5. The molecule has 2 heterocycles. The van der Waals surface area contributed by atoms with Crippen LogP contribution in [-0.4, -0.2) is 48.0 Å². The first-order valence-electron chi connectivity index (χ1n) is 14.2. The lowest BCUT2D eigenvalue weighted by atomic mass is 9.88. The van der Waals surface area contributed by atoms with Crippen LogP contribution in [0.1, 0.15) is 59.7 Å². The molecule has 2 aliphatic rings. The van der Waals surface area contributed by atoms with Gasteiger partial charge in [-0.25, -0.2) is 9.59 Å². The average Bonchev–Trinajstić information content (AvgIpc) is 3.36. The molecule has 1 fully saturated rings. The molecule has 0 spiro atoms. The number of amides is 2. The monoisotopic (exact) mass is 619 g/mol. The number of esters is 2. The number of ether oxygens (including phenoxy) is 3. The SMILES string of the molecule is CCOC(=O)/C(C#N)=c1\ccc2c(c1)Oc1cc(C(C#N)C(=O)OCC)ccc1C=2c1ccccc1C(=O)ON1C(=O)CCC1=O. The van der Waals surface area contributed by atoms with Gasteiger partial charge in [0.25, 0.3) is 11.8 Å². The van der Waals surface area contributed by atoms with E-state index in [0.29, 0.717) is 27.0 Å². The van der Waals surface area contributed by atoms with Gasteiger partial charge in [-0.2, -0.15) is 10.5 Å². The van der Waals surface area contributed by atoms with Crippen molar-refractivity contribution in [3.63, 3.8) is 0 Å². The maximum absolute atomic E-state index is 13.4. The Labute approximate surface area is 262 Å². The Morgan fingerprint density at radius 2 is 1.61 bits per heavy atom. The molecular weight excluding hydrogens is 594 g/mol. The third-order valence-electron chi connectivity index (χ3n) is 7.21. The van der Waals surface area contributed by atoms with Gasteiger partial charge >= 0.3 is 17.9 Å². The fourth-order valence-electron chi connectivity index (χ4n) is 5.12. The summed E-state index contributed by atoms with van der Waals surface area (Å²) in [4.78, 5) is 68.0. The molecule has 1 saturated heterocycles. The number of hydrogen-bond donors (Lipinski definition) is 0. The van der Waals surface area contributed by atoms with Crippen LogP contribution in [0.25, 0.3) is 11.1 Å². The Morgan fingerprint density at radius 1 is 0.891 bits per heavy atom. The van der Waals surface area contributed by atoms with Gasteiger partial charge in [-0.1, -0.05) is 36.4 Å². The van der Waals surface area contributed by atoms with Crippen LogP contribution in [-0.2, 0) is 33.5 Å². The summed E-state index contributed by atoms with van der Waals surface area (Å²) in [6.45, 7) is 3.37. The summed E-state index contributed by atoms with van der Waals surface area (Å²) in [7, 11) is 0. The largest absolute Gasteiger partial charge is 0.465 e. The number of nitriles is 2. The van der Waals surface area contributed by atoms with Crippen LogP contribution in [0.5, 0.6) is 11.5 Å². The van der Waals surface area contributed by atoms with Crippen LogP contribution in [0.3, 0.4) is 0 Å². The Kier molecular flexibility index (Phi) is 8.91. The molecular formula is C34H25N3O9. The first kappa shape index (κ1) is 31.2. The maximum Gasteiger partial charge on any atom is 0.364 e. The van der Waals surface area contributed by atoms with Gasteiger partial charge in [-0.3, -0.25) is 14.4 Å². The van der Waals surface area contributed by atoms with Gasteiger partial charge in [0.15, 0.2) is 5.92 Å². The zero-order valence-corrected chi connectivity index (χ0v) is 24.7. The van der Waals surface area contributed by atoms with Crippen LogP contribution < -0.4 is 15.2 Å². The first-order valence-corrected chi connectivity index (χ1v) is 14.2. The molecule has 3 aromatic carbocycles. The molecule has 3 aromatic rings. The Bertz CT molecular complexity index is 2000. The summed E-state index contributed by atoms with van der Waals surface area (Å²) in [5.74, 6) is -4.66. The Hall–Kier alpha value is -6.27. The van der Waals surface area contributed by atoms with Crippen molar-refractivity contribution in [2.45, 2.75) is 32.6 Å². The van der Waals surface area contributed by atoms with E-state index in [-0.39, 0.29) is 59.5 Å². The Balaban J connectivity index is 1.74. The summed E-state index contributed by atoms with van der Waals surface area (Å²) in [6, 6.07) is 19.5. The Morgan fingerprint density at radius 3 is 2.28 bits per heavy atom. The van der Waals surface area contributed by atoms with E-state index < -0.39 is 35.6 Å². The fraction of sp³-hybridized carbons (Fsp3) is 0.206. The van der Waals surface area contributed by atoms with Crippen LogP contribution in [0, 0.1) is 22.7 Å². The highest BCUT2D eigenvalue weighted by atomic mass is 16.7. The summed E-state index contributed by atoms with van der Waals surface area (Å²) in [5, 5.41) is 20.6. The van der Waals surface area contributed by atoms with Crippen LogP contribution in [0.2, 0.25) is 0 Å². The molecule has 0 aliphatic carbocycles. The van der Waals surface area contributed by atoms with Crippen LogP contribution in [0.15, 0.2) is 60.7 Å². The molecule has 2 amide bonds. The van der Waals surface area contributed by atoms with E-state index in [1.54, 1.807) is 50.2 Å². The quantitative estimate of drug-likeness (QED) is 0.210. The second kappa shape index (κ2) is 13.2. The molecule has 12 heteroatoms. The zero-order valence-electron chi connectivity index (χ0n) is 24.7. The molecule has 0 radical (unpaired) electrons. The lowest BCUT2D eigenvalue weighted by Crippen LogP contribution is -2.32. The average molecular weight is 620 g/mol. The second-order valence-corrected chi connectivity index (χ2v) is 9.97. The number of rotatable bonds is 8. The van der Waals surface area contributed by atoms with Crippen molar-refractivity contribution in [3.05, 3.63) is 93.4 Å². The number of hydroxylamine groups is 2. The van der Waals surface area contributed by atoms with Gasteiger partial charge < -0.3 is 19.0 Å². The van der Waals surface area contributed by atoms with Crippen LogP contribution >= 0.6 is 0 Å². The summed E-state index contributed by atoms with van der Waals surface area (Å²) in [6.07, 6.45) is -0.145. The highest BCUT2D eigenvalue weighted by Crippen LogP contribution is 2.39. The molecule has 0 bridgehead atoms. The van der Waals surface area contributed by atoms with Gasteiger partial charge in [0.05, 0.1) is 24.8 Å². The van der Waals surface area contributed by atoms with Crippen molar-refractivity contribution in [3.8, 4) is 23.6 Å². The molecule has 5 rings (SSSR count). The third-order valence-corrected chi connectivity index (χ3v) is 7.21. The summed E-state index contributed by atoms with van der Waals surface area (Å²) in [5.41, 5.74) is 1.32. The van der Waals surface area contributed by atoms with E-state index in [0.717, 1.165) is 0 Å². The van der Waals surface area contributed by atoms with Crippen molar-refractivity contribution < 1.29 is 43.0 Å².